The van der Waals surface area contributed by atoms with Gasteiger partial charge in [-0.25, -0.2) is 0 Å². The molecule has 0 rings (SSSR count). The first-order valence-electron chi connectivity index (χ1n) is 2.43. The first kappa shape index (κ1) is 9.70. The fourth-order valence-corrected chi connectivity index (χ4v) is 0. The Labute approximate surface area is 46.6 Å². The van der Waals surface area contributed by atoms with E-state index >= 15 is 0 Å². The zero-order valence-corrected chi connectivity index (χ0v) is 5.15. The van der Waals surface area contributed by atoms with E-state index in [1.165, 1.54) is 0 Å². The van der Waals surface area contributed by atoms with E-state index in [1.54, 1.807) is 12.2 Å². The summed E-state index contributed by atoms with van der Waals surface area (Å²) in [5.74, 6) is 0. The van der Waals surface area contributed by atoms with Crippen LogP contribution in [-0.2, 0) is 0 Å². The average molecular weight is 97.2 g/mol. The van der Waals surface area contributed by atoms with Crippen molar-refractivity contribution < 1.29 is 0 Å². The molecule has 0 heteroatoms. The largest absolute Gasteiger partial charge is 0.103 e. The van der Waals surface area contributed by atoms with Gasteiger partial charge in [0.1, 0.15) is 0 Å². The second kappa shape index (κ2) is 17.9. The SMILES string of the molecule is C=CC.[CH]=CCC. The molecule has 0 aliphatic carbocycles. The van der Waals surface area contributed by atoms with Crippen LogP contribution in [0.4, 0.5) is 0 Å². The van der Waals surface area contributed by atoms with E-state index in [-0.39, 0.29) is 0 Å². The van der Waals surface area contributed by atoms with Gasteiger partial charge in [-0.2, -0.15) is 0 Å². The zero-order valence-electron chi connectivity index (χ0n) is 5.15. The minimum Gasteiger partial charge on any atom is -0.103 e. The van der Waals surface area contributed by atoms with E-state index < -0.39 is 0 Å². The van der Waals surface area contributed by atoms with Crippen molar-refractivity contribution in [3.8, 4) is 0 Å². The molecule has 0 unspecified atom stereocenters. The zero-order chi connectivity index (χ0) is 6.12. The van der Waals surface area contributed by atoms with E-state index in [2.05, 4.69) is 6.58 Å². The Bertz CT molecular complexity index is 35.3. The lowest BCUT2D eigenvalue weighted by Crippen LogP contribution is -1.37. The highest BCUT2D eigenvalue weighted by Gasteiger charge is 1.45. The van der Waals surface area contributed by atoms with Gasteiger partial charge in [-0.1, -0.05) is 25.7 Å². The highest BCUT2D eigenvalue weighted by atomic mass is 13.5. The molecule has 0 aromatic heterocycles. The third-order valence-corrected chi connectivity index (χ3v) is 0.236. The molecule has 0 aromatic rings. The molecule has 0 spiro atoms. The Balaban J connectivity index is 0. The summed E-state index contributed by atoms with van der Waals surface area (Å²) in [5, 5.41) is 0. The van der Waals surface area contributed by atoms with Gasteiger partial charge in [-0.05, 0) is 13.3 Å². The van der Waals surface area contributed by atoms with Gasteiger partial charge in [0.25, 0.3) is 0 Å². The molecule has 0 bridgehead atoms. The first-order valence-corrected chi connectivity index (χ1v) is 2.43. The molecule has 0 nitrogen and oxygen atoms in total. The monoisotopic (exact) mass is 97.1 g/mol. The average Bonchev–Trinajstić information content (AvgIpc) is 1.69. The van der Waals surface area contributed by atoms with Gasteiger partial charge in [-0.15, -0.1) is 6.58 Å². The van der Waals surface area contributed by atoms with Gasteiger partial charge in [0, 0.05) is 0 Å². The fraction of sp³-hybridized carbons (Fsp3) is 0.429. The van der Waals surface area contributed by atoms with E-state index in [4.69, 9.17) is 6.58 Å². The molecule has 0 heterocycles. The molecule has 0 saturated heterocycles. The Morgan fingerprint density at radius 1 is 1.71 bits per heavy atom. The van der Waals surface area contributed by atoms with Crippen LogP contribution < -0.4 is 0 Å². The van der Waals surface area contributed by atoms with Gasteiger partial charge in [0.2, 0.25) is 0 Å². The van der Waals surface area contributed by atoms with Gasteiger partial charge in [0.05, 0.1) is 0 Å². The number of rotatable bonds is 1. The van der Waals surface area contributed by atoms with Crippen molar-refractivity contribution in [2.75, 3.05) is 0 Å². The van der Waals surface area contributed by atoms with E-state index in [0.717, 1.165) is 6.42 Å². The van der Waals surface area contributed by atoms with Crippen molar-refractivity contribution in [1.82, 2.24) is 0 Å². The predicted octanol–water partition coefficient (Wildman–Crippen LogP) is 2.58. The topological polar surface area (TPSA) is 0 Å². The maximum Gasteiger partial charge on any atom is -0.0376 e. The number of hydrogen-bond acceptors (Lipinski definition) is 0. The Morgan fingerprint density at radius 3 is 1.86 bits per heavy atom. The molecule has 0 aliphatic heterocycles. The molecule has 0 N–H and O–H groups in total. The summed E-state index contributed by atoms with van der Waals surface area (Å²) in [6.45, 7) is 12.2. The quantitative estimate of drug-likeness (QED) is 0.441. The molecule has 1 radical (unpaired) electrons. The summed E-state index contributed by atoms with van der Waals surface area (Å²) >= 11 is 0. The summed E-state index contributed by atoms with van der Waals surface area (Å²) in [6, 6.07) is 0. The Kier molecular flexibility index (Phi) is 24.8. The molecule has 0 amide bonds. The summed E-state index contributed by atoms with van der Waals surface area (Å²) in [7, 11) is 0. The van der Waals surface area contributed by atoms with Crippen LogP contribution in [0.25, 0.3) is 0 Å². The van der Waals surface area contributed by atoms with E-state index in [1.807, 2.05) is 13.8 Å². The van der Waals surface area contributed by atoms with Gasteiger partial charge in [0.15, 0.2) is 0 Å². The van der Waals surface area contributed by atoms with Gasteiger partial charge >= 0.3 is 0 Å². The second-order valence-corrected chi connectivity index (χ2v) is 1.05. The van der Waals surface area contributed by atoms with Crippen molar-refractivity contribution in [3.63, 3.8) is 0 Å². The summed E-state index contributed by atoms with van der Waals surface area (Å²) in [4.78, 5) is 0. The molecule has 41 valence electrons. The summed E-state index contributed by atoms with van der Waals surface area (Å²) in [6.07, 6.45) is 4.35. The molecular weight excluding hydrogens is 84.1 g/mol. The van der Waals surface area contributed by atoms with Crippen LogP contribution >= 0.6 is 0 Å². The van der Waals surface area contributed by atoms with Crippen molar-refractivity contribution in [2.45, 2.75) is 20.3 Å². The number of hydrogen-bond donors (Lipinski definition) is 0. The molecule has 0 aromatic carbocycles. The van der Waals surface area contributed by atoms with Crippen molar-refractivity contribution in [3.05, 3.63) is 25.3 Å². The molecule has 0 atom stereocenters. The third-order valence-electron chi connectivity index (χ3n) is 0.236. The van der Waals surface area contributed by atoms with Crippen LogP contribution in [0, 0.1) is 6.58 Å². The minimum atomic E-state index is 0.972. The standard InChI is InChI=1S/C4H7.C3H6/c1-3-4-2;1-3-2/h1,3H,4H2,2H3;3H,1H2,2H3. The highest BCUT2D eigenvalue weighted by molar-refractivity contribution is 4.54. The van der Waals surface area contributed by atoms with Crippen LogP contribution in [0.3, 0.4) is 0 Å². The lowest BCUT2D eigenvalue weighted by Gasteiger charge is -1.57. The van der Waals surface area contributed by atoms with Crippen molar-refractivity contribution in [2.24, 2.45) is 0 Å². The lowest BCUT2D eigenvalue weighted by atomic mass is 10.5. The Hall–Kier alpha value is -0.520. The van der Waals surface area contributed by atoms with Gasteiger partial charge in [-0.3, -0.25) is 0 Å². The van der Waals surface area contributed by atoms with Crippen LogP contribution in [0.1, 0.15) is 20.3 Å². The predicted molar refractivity (Wildman–Crippen MR) is 35.0 cm³/mol. The van der Waals surface area contributed by atoms with Crippen molar-refractivity contribution >= 4 is 0 Å². The maximum atomic E-state index is 4.90. The number of allylic oxidation sites excluding steroid dienone is 2. The molecule has 0 saturated carbocycles. The second-order valence-electron chi connectivity index (χ2n) is 1.05. The first-order chi connectivity index (χ1) is 3.33. The van der Waals surface area contributed by atoms with E-state index in [0.29, 0.717) is 0 Å². The highest BCUT2D eigenvalue weighted by Crippen LogP contribution is 1.65. The fourth-order valence-electron chi connectivity index (χ4n) is 0. The Morgan fingerprint density at radius 2 is 1.86 bits per heavy atom. The molecule has 0 fully saturated rings. The van der Waals surface area contributed by atoms with Crippen LogP contribution in [0.15, 0.2) is 18.7 Å². The van der Waals surface area contributed by atoms with Crippen LogP contribution in [0.2, 0.25) is 0 Å². The van der Waals surface area contributed by atoms with Gasteiger partial charge < -0.3 is 0 Å². The van der Waals surface area contributed by atoms with E-state index in [9.17, 15) is 0 Å². The normalized spacial score (nSPS) is 5.43. The maximum absolute atomic E-state index is 4.90. The minimum absolute atomic E-state index is 0.972. The van der Waals surface area contributed by atoms with Crippen molar-refractivity contribution in [1.29, 1.82) is 0 Å². The molecular formula is C7H13. The molecule has 0 aliphatic rings. The lowest BCUT2D eigenvalue weighted by molar-refractivity contribution is 1.23. The van der Waals surface area contributed by atoms with Crippen LogP contribution in [-0.4, -0.2) is 0 Å². The third kappa shape index (κ3) is 288. The van der Waals surface area contributed by atoms with Crippen LogP contribution in [0.5, 0.6) is 0 Å². The summed E-state index contributed by atoms with van der Waals surface area (Å²) in [5.41, 5.74) is 0. The molecule has 7 heavy (non-hydrogen) atoms. The summed E-state index contributed by atoms with van der Waals surface area (Å²) < 4.78 is 0. The smallest absolute Gasteiger partial charge is 0.0376 e.